The third-order valence-corrected chi connectivity index (χ3v) is 3.51. The van der Waals surface area contributed by atoms with Crippen LogP contribution in [0.25, 0.3) is 0 Å². The molecule has 0 bridgehead atoms. The molecule has 0 spiro atoms. The van der Waals surface area contributed by atoms with Crippen LogP contribution in [-0.4, -0.2) is 32.5 Å². The molecule has 2 aromatic rings. The number of aromatic amines is 1. The number of hydrogen-bond donors (Lipinski definition) is 1. The summed E-state index contributed by atoms with van der Waals surface area (Å²) in [5.74, 6) is 0.00931. The van der Waals surface area contributed by atoms with Gasteiger partial charge in [0.05, 0.1) is 6.04 Å². The van der Waals surface area contributed by atoms with Crippen LogP contribution < -0.4 is 0 Å². The molecule has 1 aliphatic heterocycles. The Morgan fingerprint density at radius 3 is 3.00 bits per heavy atom. The van der Waals surface area contributed by atoms with Crippen LogP contribution in [0, 0.1) is 6.92 Å². The molecule has 1 N–H and O–H groups in total. The molecule has 1 atom stereocenters. The normalized spacial score (nSPS) is 17.9. The molecule has 19 heavy (non-hydrogen) atoms. The van der Waals surface area contributed by atoms with Gasteiger partial charge in [-0.3, -0.25) is 14.9 Å². The fourth-order valence-electron chi connectivity index (χ4n) is 2.70. The molecule has 0 radical (unpaired) electrons. The number of hydrogen-bond acceptors (Lipinski definition) is 3. The van der Waals surface area contributed by atoms with Gasteiger partial charge in [-0.15, -0.1) is 0 Å². The highest BCUT2D eigenvalue weighted by atomic mass is 16.2. The van der Waals surface area contributed by atoms with E-state index in [1.54, 1.807) is 6.20 Å². The predicted octanol–water partition coefficient (Wildman–Crippen LogP) is 2.07. The van der Waals surface area contributed by atoms with E-state index in [0.717, 1.165) is 29.8 Å². The van der Waals surface area contributed by atoms with Crippen LogP contribution in [0.5, 0.6) is 0 Å². The maximum Gasteiger partial charge on any atom is 0.275 e. The van der Waals surface area contributed by atoms with Gasteiger partial charge in [-0.1, -0.05) is 13.0 Å². The van der Waals surface area contributed by atoms with Gasteiger partial charge in [-0.2, -0.15) is 5.10 Å². The molecule has 0 aromatic carbocycles. The van der Waals surface area contributed by atoms with E-state index >= 15 is 0 Å². The van der Waals surface area contributed by atoms with Crippen molar-refractivity contribution >= 4 is 5.91 Å². The van der Waals surface area contributed by atoms with E-state index in [0.29, 0.717) is 5.69 Å². The third kappa shape index (κ3) is 1.73. The molecular weight excluding hydrogens is 240 g/mol. The number of fused-ring (bicyclic) bond motifs is 1. The Morgan fingerprint density at radius 1 is 1.47 bits per heavy atom. The summed E-state index contributed by atoms with van der Waals surface area (Å²) in [4.78, 5) is 18.5. The van der Waals surface area contributed by atoms with E-state index in [1.807, 2.05) is 30.2 Å². The molecule has 0 fully saturated rings. The molecular formula is C14H16N4O. The standard InChI is InChI=1S/C14H16N4O/c1-3-7-18-13(10-5-4-6-15-8-10)11-9(2)16-17-12(11)14(18)19/h4-6,8,13H,3,7H2,1-2H3,(H,16,17)/t13-/m1/s1. The van der Waals surface area contributed by atoms with Gasteiger partial charge in [-0.25, -0.2) is 0 Å². The van der Waals surface area contributed by atoms with E-state index in [4.69, 9.17) is 0 Å². The fraction of sp³-hybridized carbons (Fsp3) is 0.357. The van der Waals surface area contributed by atoms with Crippen molar-refractivity contribution in [3.63, 3.8) is 0 Å². The minimum absolute atomic E-state index is 0.00931. The first-order valence-corrected chi connectivity index (χ1v) is 6.49. The molecule has 5 nitrogen and oxygen atoms in total. The lowest BCUT2D eigenvalue weighted by molar-refractivity contribution is 0.0743. The van der Waals surface area contributed by atoms with Crippen LogP contribution in [0.2, 0.25) is 0 Å². The minimum atomic E-state index is -0.0603. The van der Waals surface area contributed by atoms with Crippen LogP contribution in [-0.2, 0) is 0 Å². The Kier molecular flexibility index (Phi) is 2.81. The van der Waals surface area contributed by atoms with Crippen molar-refractivity contribution in [3.8, 4) is 0 Å². The number of aromatic nitrogens is 3. The molecule has 1 amide bonds. The summed E-state index contributed by atoms with van der Waals surface area (Å²) in [6.07, 6.45) is 4.49. The van der Waals surface area contributed by atoms with Gasteiger partial charge < -0.3 is 4.90 Å². The topological polar surface area (TPSA) is 61.9 Å². The quantitative estimate of drug-likeness (QED) is 0.914. The number of rotatable bonds is 3. The number of nitrogens with zero attached hydrogens (tertiary/aromatic N) is 3. The number of amides is 1. The summed E-state index contributed by atoms with van der Waals surface area (Å²) in [6, 6.07) is 3.85. The second-order valence-electron chi connectivity index (χ2n) is 4.80. The fourth-order valence-corrected chi connectivity index (χ4v) is 2.70. The maximum absolute atomic E-state index is 12.4. The Hall–Kier alpha value is -2.17. The number of nitrogens with one attached hydrogen (secondary N) is 1. The molecule has 98 valence electrons. The Morgan fingerprint density at radius 2 is 2.32 bits per heavy atom. The van der Waals surface area contributed by atoms with Crippen LogP contribution in [0.3, 0.4) is 0 Å². The van der Waals surface area contributed by atoms with E-state index in [9.17, 15) is 4.79 Å². The summed E-state index contributed by atoms with van der Waals surface area (Å²) >= 11 is 0. The van der Waals surface area contributed by atoms with E-state index < -0.39 is 0 Å². The van der Waals surface area contributed by atoms with Crippen LogP contribution in [0.1, 0.15) is 46.7 Å². The van der Waals surface area contributed by atoms with E-state index in [-0.39, 0.29) is 11.9 Å². The van der Waals surface area contributed by atoms with Gasteiger partial charge in [0.25, 0.3) is 5.91 Å². The highest BCUT2D eigenvalue weighted by molar-refractivity contribution is 5.98. The highest BCUT2D eigenvalue weighted by Crippen LogP contribution is 2.38. The first kappa shape index (κ1) is 11.9. The van der Waals surface area contributed by atoms with Gasteiger partial charge in [0.2, 0.25) is 0 Å². The van der Waals surface area contributed by atoms with Gasteiger partial charge in [0.1, 0.15) is 0 Å². The summed E-state index contributed by atoms with van der Waals surface area (Å²) < 4.78 is 0. The molecule has 0 aliphatic carbocycles. The van der Waals surface area contributed by atoms with Crippen LogP contribution >= 0.6 is 0 Å². The number of aryl methyl sites for hydroxylation is 1. The molecule has 2 aromatic heterocycles. The van der Waals surface area contributed by atoms with Crippen LogP contribution in [0.4, 0.5) is 0 Å². The van der Waals surface area contributed by atoms with Crippen molar-refractivity contribution in [1.29, 1.82) is 0 Å². The van der Waals surface area contributed by atoms with Crippen molar-refractivity contribution in [2.75, 3.05) is 6.54 Å². The zero-order chi connectivity index (χ0) is 13.4. The smallest absolute Gasteiger partial charge is 0.275 e. The third-order valence-electron chi connectivity index (χ3n) is 3.51. The summed E-state index contributed by atoms with van der Waals surface area (Å²) in [5, 5.41) is 7.06. The van der Waals surface area contributed by atoms with Gasteiger partial charge in [0, 0.05) is 30.2 Å². The van der Waals surface area contributed by atoms with Gasteiger partial charge >= 0.3 is 0 Å². The molecule has 1 aliphatic rings. The average Bonchev–Trinajstić information content (AvgIpc) is 2.93. The summed E-state index contributed by atoms with van der Waals surface area (Å²) in [6.45, 7) is 4.76. The van der Waals surface area contributed by atoms with E-state index in [2.05, 4.69) is 22.1 Å². The molecule has 0 saturated heterocycles. The molecule has 0 unspecified atom stereocenters. The number of carbonyl (C=O) groups excluding carboxylic acids is 1. The van der Waals surface area contributed by atoms with Crippen molar-refractivity contribution in [2.24, 2.45) is 0 Å². The first-order valence-electron chi connectivity index (χ1n) is 6.49. The molecule has 3 rings (SSSR count). The zero-order valence-corrected chi connectivity index (χ0v) is 11.1. The van der Waals surface area contributed by atoms with Gasteiger partial charge in [0.15, 0.2) is 5.69 Å². The SMILES string of the molecule is CCCN1C(=O)c2n[nH]c(C)c2[C@H]1c1cccnc1. The predicted molar refractivity (Wildman–Crippen MR) is 70.7 cm³/mol. The summed E-state index contributed by atoms with van der Waals surface area (Å²) in [5.41, 5.74) is 3.54. The van der Waals surface area contributed by atoms with Crippen molar-refractivity contribution in [2.45, 2.75) is 26.3 Å². The highest BCUT2D eigenvalue weighted by Gasteiger charge is 2.40. The Balaban J connectivity index is 2.13. The minimum Gasteiger partial charge on any atom is -0.326 e. The van der Waals surface area contributed by atoms with Crippen LogP contribution in [0.15, 0.2) is 24.5 Å². The lowest BCUT2D eigenvalue weighted by Crippen LogP contribution is -2.30. The lowest BCUT2D eigenvalue weighted by Gasteiger charge is -2.25. The Bertz CT molecular complexity index is 605. The van der Waals surface area contributed by atoms with Gasteiger partial charge in [-0.05, 0) is 25.0 Å². The largest absolute Gasteiger partial charge is 0.326 e. The second-order valence-corrected chi connectivity index (χ2v) is 4.80. The maximum atomic E-state index is 12.4. The average molecular weight is 256 g/mol. The summed E-state index contributed by atoms with van der Waals surface area (Å²) in [7, 11) is 0. The van der Waals surface area contributed by atoms with E-state index in [1.165, 1.54) is 0 Å². The number of pyridine rings is 1. The first-order chi connectivity index (χ1) is 9.24. The zero-order valence-electron chi connectivity index (χ0n) is 11.1. The number of H-pyrrole nitrogens is 1. The molecule has 0 saturated carbocycles. The van der Waals surface area contributed by atoms with Crippen molar-refractivity contribution in [1.82, 2.24) is 20.1 Å². The number of carbonyl (C=O) groups is 1. The molecule has 5 heteroatoms. The van der Waals surface area contributed by atoms with Crippen molar-refractivity contribution in [3.05, 3.63) is 47.0 Å². The second kappa shape index (κ2) is 4.50. The molecule has 3 heterocycles. The lowest BCUT2D eigenvalue weighted by atomic mass is 10.0. The Labute approximate surface area is 111 Å². The monoisotopic (exact) mass is 256 g/mol. The van der Waals surface area contributed by atoms with Crippen molar-refractivity contribution < 1.29 is 4.79 Å².